The lowest BCUT2D eigenvalue weighted by Crippen LogP contribution is -2.27. The molecule has 2 aromatic carbocycles. The molecular formula is C16H15Cl2NO4S. The van der Waals surface area contributed by atoms with Crippen molar-refractivity contribution in [1.29, 1.82) is 0 Å². The molecule has 24 heavy (non-hydrogen) atoms. The number of esters is 1. The molecule has 0 bridgehead atoms. The normalized spacial score (nSPS) is 12.7. The Morgan fingerprint density at radius 1 is 1.12 bits per heavy atom. The van der Waals surface area contributed by atoms with Gasteiger partial charge in [-0.05, 0) is 42.8 Å². The van der Waals surface area contributed by atoms with Gasteiger partial charge in [0.25, 0.3) is 0 Å². The van der Waals surface area contributed by atoms with Crippen LogP contribution in [0.3, 0.4) is 0 Å². The summed E-state index contributed by atoms with van der Waals surface area (Å²) in [6.07, 6.45) is 0. The minimum atomic E-state index is -3.83. The molecule has 0 saturated heterocycles. The summed E-state index contributed by atoms with van der Waals surface area (Å²) >= 11 is 11.8. The molecule has 8 heteroatoms. The highest BCUT2D eigenvalue weighted by atomic mass is 35.5. The van der Waals surface area contributed by atoms with Crippen LogP contribution in [0.25, 0.3) is 0 Å². The Labute approximate surface area is 150 Å². The zero-order valence-electron chi connectivity index (χ0n) is 12.9. The first-order chi connectivity index (χ1) is 11.2. The van der Waals surface area contributed by atoms with E-state index in [2.05, 4.69) is 9.46 Å². The van der Waals surface area contributed by atoms with Crippen LogP contribution in [0.4, 0.5) is 0 Å². The highest BCUT2D eigenvalue weighted by molar-refractivity contribution is 7.89. The molecule has 2 aromatic rings. The van der Waals surface area contributed by atoms with Crippen molar-refractivity contribution in [2.24, 2.45) is 0 Å². The third-order valence-corrected chi connectivity index (χ3v) is 5.62. The maximum Gasteiger partial charge on any atom is 0.337 e. The Kier molecular flexibility index (Phi) is 5.87. The standard InChI is InChI=1S/C16H15Cl2NO4S/c1-10(11-6-7-14(17)15(18)9-11)19-24(21,22)13-5-3-4-12(8-13)16(20)23-2/h3-10,19H,1-2H3. The van der Waals surface area contributed by atoms with Gasteiger partial charge in [0.2, 0.25) is 10.0 Å². The number of carbonyl (C=O) groups is 1. The molecule has 128 valence electrons. The highest BCUT2D eigenvalue weighted by Crippen LogP contribution is 2.26. The molecule has 0 heterocycles. The number of halogens is 2. The number of hydrogen-bond acceptors (Lipinski definition) is 4. The third kappa shape index (κ3) is 4.27. The van der Waals surface area contributed by atoms with Gasteiger partial charge >= 0.3 is 5.97 Å². The molecule has 0 spiro atoms. The molecule has 0 amide bonds. The molecule has 0 saturated carbocycles. The minimum absolute atomic E-state index is 0.0303. The molecule has 5 nitrogen and oxygen atoms in total. The van der Waals surface area contributed by atoms with Crippen molar-refractivity contribution in [3.63, 3.8) is 0 Å². The number of methoxy groups -OCH3 is 1. The Bertz CT molecular complexity index is 868. The van der Waals surface area contributed by atoms with Gasteiger partial charge in [-0.25, -0.2) is 17.9 Å². The molecule has 1 unspecified atom stereocenters. The van der Waals surface area contributed by atoms with Crippen molar-refractivity contribution in [2.45, 2.75) is 17.9 Å². The zero-order valence-corrected chi connectivity index (χ0v) is 15.2. The minimum Gasteiger partial charge on any atom is -0.465 e. The van der Waals surface area contributed by atoms with Gasteiger partial charge in [0.1, 0.15) is 0 Å². The van der Waals surface area contributed by atoms with Crippen LogP contribution in [0.1, 0.15) is 28.9 Å². The second kappa shape index (κ2) is 7.53. The number of ether oxygens (including phenoxy) is 1. The monoisotopic (exact) mass is 387 g/mol. The van der Waals surface area contributed by atoms with E-state index in [1.165, 1.54) is 31.4 Å². The summed E-state index contributed by atoms with van der Waals surface area (Å²) in [5, 5.41) is 0.731. The van der Waals surface area contributed by atoms with Gasteiger partial charge in [0, 0.05) is 6.04 Å². The SMILES string of the molecule is COC(=O)c1cccc(S(=O)(=O)NC(C)c2ccc(Cl)c(Cl)c2)c1. The topological polar surface area (TPSA) is 72.5 Å². The van der Waals surface area contributed by atoms with Crippen LogP contribution in [-0.4, -0.2) is 21.5 Å². The average Bonchev–Trinajstić information content (AvgIpc) is 2.56. The third-order valence-electron chi connectivity index (χ3n) is 3.34. The zero-order chi connectivity index (χ0) is 17.9. The lowest BCUT2D eigenvalue weighted by molar-refractivity contribution is 0.0600. The van der Waals surface area contributed by atoms with E-state index in [4.69, 9.17) is 23.2 Å². The van der Waals surface area contributed by atoms with Crippen LogP contribution in [0.5, 0.6) is 0 Å². The molecule has 0 aliphatic carbocycles. The van der Waals surface area contributed by atoms with Gasteiger partial charge in [0.05, 0.1) is 27.6 Å². The lowest BCUT2D eigenvalue weighted by atomic mass is 10.1. The summed E-state index contributed by atoms with van der Waals surface area (Å²) < 4.78 is 32.2. The van der Waals surface area contributed by atoms with Crippen molar-refractivity contribution in [3.05, 3.63) is 63.6 Å². The van der Waals surface area contributed by atoms with E-state index < -0.39 is 22.0 Å². The van der Waals surface area contributed by atoms with Crippen molar-refractivity contribution >= 4 is 39.2 Å². The Morgan fingerprint density at radius 3 is 2.46 bits per heavy atom. The molecule has 0 aliphatic heterocycles. The first-order valence-corrected chi connectivity index (χ1v) is 9.14. The number of carbonyl (C=O) groups excluding carboxylic acids is 1. The van der Waals surface area contributed by atoms with Crippen LogP contribution in [0.2, 0.25) is 10.0 Å². The molecule has 0 radical (unpaired) electrons. The number of rotatable bonds is 5. The van der Waals surface area contributed by atoms with E-state index in [0.717, 1.165) is 0 Å². The Morgan fingerprint density at radius 2 is 1.83 bits per heavy atom. The van der Waals surface area contributed by atoms with Crippen LogP contribution in [0, 0.1) is 0 Å². The van der Waals surface area contributed by atoms with Gasteiger partial charge in [0.15, 0.2) is 0 Å². The number of nitrogens with one attached hydrogen (secondary N) is 1. The largest absolute Gasteiger partial charge is 0.465 e. The van der Waals surface area contributed by atoms with E-state index in [0.29, 0.717) is 15.6 Å². The molecule has 0 aromatic heterocycles. The van der Waals surface area contributed by atoms with Crippen molar-refractivity contribution in [3.8, 4) is 0 Å². The van der Waals surface area contributed by atoms with Crippen molar-refractivity contribution < 1.29 is 17.9 Å². The Hall–Kier alpha value is -1.60. The molecule has 1 N–H and O–H groups in total. The molecule has 2 rings (SSSR count). The fourth-order valence-corrected chi connectivity index (χ4v) is 3.64. The first-order valence-electron chi connectivity index (χ1n) is 6.90. The van der Waals surface area contributed by atoms with Crippen LogP contribution in [-0.2, 0) is 14.8 Å². The van der Waals surface area contributed by atoms with Gasteiger partial charge in [-0.2, -0.15) is 0 Å². The average molecular weight is 388 g/mol. The lowest BCUT2D eigenvalue weighted by Gasteiger charge is -2.15. The number of hydrogen-bond donors (Lipinski definition) is 1. The van der Waals surface area contributed by atoms with Crippen molar-refractivity contribution in [2.75, 3.05) is 7.11 Å². The summed E-state index contributed by atoms with van der Waals surface area (Å²) in [5.74, 6) is -0.607. The number of sulfonamides is 1. The predicted octanol–water partition coefficient (Wildman–Crippen LogP) is 3.82. The van der Waals surface area contributed by atoms with Crippen LogP contribution >= 0.6 is 23.2 Å². The van der Waals surface area contributed by atoms with Crippen molar-refractivity contribution in [1.82, 2.24) is 4.72 Å². The van der Waals surface area contributed by atoms with E-state index >= 15 is 0 Å². The fraction of sp³-hybridized carbons (Fsp3) is 0.188. The van der Waals surface area contributed by atoms with E-state index in [-0.39, 0.29) is 10.5 Å². The molecule has 1 atom stereocenters. The Balaban J connectivity index is 2.27. The highest BCUT2D eigenvalue weighted by Gasteiger charge is 2.20. The van der Waals surface area contributed by atoms with E-state index in [9.17, 15) is 13.2 Å². The van der Waals surface area contributed by atoms with E-state index in [1.807, 2.05) is 0 Å². The van der Waals surface area contributed by atoms with Gasteiger partial charge in [-0.15, -0.1) is 0 Å². The second-order valence-corrected chi connectivity index (χ2v) is 7.56. The summed E-state index contributed by atoms with van der Waals surface area (Å²) in [5.41, 5.74) is 0.819. The predicted molar refractivity (Wildman–Crippen MR) is 93.0 cm³/mol. The summed E-state index contributed by atoms with van der Waals surface area (Å²) in [6.45, 7) is 1.68. The van der Waals surface area contributed by atoms with Crippen LogP contribution < -0.4 is 4.72 Å². The maximum atomic E-state index is 12.5. The second-order valence-electron chi connectivity index (χ2n) is 5.04. The molecule has 0 aliphatic rings. The smallest absolute Gasteiger partial charge is 0.337 e. The van der Waals surface area contributed by atoms with Gasteiger partial charge < -0.3 is 4.74 Å². The van der Waals surface area contributed by atoms with Crippen LogP contribution in [0.15, 0.2) is 47.4 Å². The molecule has 0 fully saturated rings. The molecular weight excluding hydrogens is 373 g/mol. The van der Waals surface area contributed by atoms with Gasteiger partial charge in [-0.3, -0.25) is 0 Å². The maximum absolute atomic E-state index is 12.5. The van der Waals surface area contributed by atoms with Gasteiger partial charge in [-0.1, -0.05) is 35.3 Å². The quantitative estimate of drug-likeness (QED) is 0.791. The van der Waals surface area contributed by atoms with E-state index in [1.54, 1.807) is 25.1 Å². The fourth-order valence-electron chi connectivity index (χ4n) is 2.06. The summed E-state index contributed by atoms with van der Waals surface area (Å²) in [6, 6.07) is 9.96. The summed E-state index contributed by atoms with van der Waals surface area (Å²) in [4.78, 5) is 11.5. The first kappa shape index (κ1) is 18.7. The number of benzene rings is 2. The summed E-state index contributed by atoms with van der Waals surface area (Å²) in [7, 11) is -2.60.